The van der Waals surface area contributed by atoms with E-state index in [1.165, 1.54) is 19.3 Å². The molecule has 0 saturated heterocycles. The Balaban J connectivity index is 1.28. The Hall–Kier alpha value is -2.00. The van der Waals surface area contributed by atoms with Crippen LogP contribution in [0.1, 0.15) is 109 Å². The lowest BCUT2D eigenvalue weighted by Gasteiger charge is -2.43. The van der Waals surface area contributed by atoms with Crippen molar-refractivity contribution in [2.75, 3.05) is 18.8 Å². The Morgan fingerprint density at radius 3 is 2.62 bits per heavy atom. The van der Waals surface area contributed by atoms with Crippen LogP contribution in [0.25, 0.3) is 0 Å². The highest BCUT2D eigenvalue weighted by Gasteiger charge is 2.55. The molecule has 7 N–H and O–H groups in total. The molecule has 0 unspecified atom stereocenters. The number of carboxylic acids is 1. The van der Waals surface area contributed by atoms with Gasteiger partial charge in [-0.25, -0.2) is 4.98 Å². The molecule has 0 bridgehead atoms. The van der Waals surface area contributed by atoms with Crippen molar-refractivity contribution in [2.24, 2.45) is 41.4 Å². The normalized spacial score (nSPS) is 32.7. The molecule has 254 valence electrons. The third-order valence-corrected chi connectivity index (χ3v) is 11.5. The fourth-order valence-corrected chi connectivity index (χ4v) is 9.04. The highest BCUT2D eigenvalue weighted by Crippen LogP contribution is 2.55. The van der Waals surface area contributed by atoms with Gasteiger partial charge in [-0.05, 0) is 118 Å². The molecule has 10 atom stereocenters. The maximum absolute atomic E-state index is 12.3. The number of aromatic nitrogens is 1. The first-order chi connectivity index (χ1) is 21.6. The second-order valence-electron chi connectivity index (χ2n) is 14.7. The average molecular weight is 628 g/mol. The molecule has 0 aliphatic heterocycles. The summed E-state index contributed by atoms with van der Waals surface area (Å²) in [5.41, 5.74) is 6.19. The molecule has 0 spiro atoms. The number of nitrogens with zero attached hydrogens (tertiary/aromatic N) is 1. The number of anilines is 1. The van der Waals surface area contributed by atoms with Gasteiger partial charge in [0, 0.05) is 12.1 Å². The molecule has 4 rings (SSSR count). The first kappa shape index (κ1) is 35.8. The maximum atomic E-state index is 12.3. The zero-order chi connectivity index (χ0) is 32.4. The molecule has 1 heterocycles. The van der Waals surface area contributed by atoms with Crippen LogP contribution in [0.15, 0.2) is 30.5 Å². The van der Waals surface area contributed by atoms with E-state index >= 15 is 0 Å². The predicted octanol–water partition coefficient (Wildman–Crippen LogP) is 5.75. The van der Waals surface area contributed by atoms with Crippen LogP contribution in [0.2, 0.25) is 0 Å². The van der Waals surface area contributed by atoms with Gasteiger partial charge >= 0.3 is 5.97 Å². The number of hydrogen-bond acceptors (Lipinski definition) is 7. The summed E-state index contributed by atoms with van der Waals surface area (Å²) in [5, 5.41) is 47.7. The van der Waals surface area contributed by atoms with E-state index in [-0.39, 0.29) is 29.8 Å². The van der Waals surface area contributed by atoms with E-state index in [4.69, 9.17) is 5.73 Å². The molecular weight excluding hydrogens is 566 g/mol. The monoisotopic (exact) mass is 627 g/mol. The Morgan fingerprint density at radius 1 is 1.11 bits per heavy atom. The van der Waals surface area contributed by atoms with E-state index in [0.717, 1.165) is 76.4 Å². The quantitative estimate of drug-likeness (QED) is 0.0891. The van der Waals surface area contributed by atoms with E-state index in [2.05, 4.69) is 36.3 Å². The number of nitrogens with two attached hydrogens (primary N) is 1. The third kappa shape index (κ3) is 9.75. The number of rotatable bonds is 18. The Morgan fingerprint density at radius 2 is 1.91 bits per heavy atom. The van der Waals surface area contributed by atoms with Crippen LogP contribution in [0.4, 0.5) is 5.82 Å². The van der Waals surface area contributed by atoms with Gasteiger partial charge in [-0.3, -0.25) is 4.79 Å². The van der Waals surface area contributed by atoms with E-state index in [9.17, 15) is 25.2 Å². The minimum absolute atomic E-state index is 0.109. The summed E-state index contributed by atoms with van der Waals surface area (Å²) in [6, 6.07) is 3.93. The summed E-state index contributed by atoms with van der Waals surface area (Å²) >= 11 is 0. The standard InChI is InChI=1S/C37H61N3O5/c1-3-5-7-10-25-13-14-27(33(41)20-25)11-8-6-9-12-30(36(43)44)35(42)28-15-16-32-31(19-26-17-18-40-34(38)21-26)29(24-39-4-2)23-37(32,45)22-28/h13-14,17-18,21,25,27-33,35,39,41-42,45H,3-12,15-16,19-20,22-24H2,1-2H3,(H2,38,40)(H,43,44)/t25-,27-,28-,29-,30+,31-,32+,33-,35-,37+/m1/s1. The minimum Gasteiger partial charge on any atom is -0.481 e. The van der Waals surface area contributed by atoms with Gasteiger partial charge < -0.3 is 31.5 Å². The number of allylic oxidation sites excluding steroid dienone is 1. The van der Waals surface area contributed by atoms with Gasteiger partial charge in [0.2, 0.25) is 0 Å². The lowest BCUT2D eigenvalue weighted by atomic mass is 9.66. The molecule has 3 aliphatic carbocycles. The fraction of sp³-hybridized carbons (Fsp3) is 0.784. The minimum atomic E-state index is -0.966. The number of hydrogen-bond donors (Lipinski definition) is 6. The number of nitrogens with one attached hydrogen (secondary N) is 1. The largest absolute Gasteiger partial charge is 0.481 e. The second-order valence-corrected chi connectivity index (χ2v) is 14.7. The van der Waals surface area contributed by atoms with Crippen LogP contribution in [-0.4, -0.2) is 62.3 Å². The first-order valence-corrected chi connectivity index (χ1v) is 18.1. The summed E-state index contributed by atoms with van der Waals surface area (Å²) in [6.07, 6.45) is 18.1. The molecule has 2 fully saturated rings. The van der Waals surface area contributed by atoms with Crippen molar-refractivity contribution in [3.05, 3.63) is 36.0 Å². The van der Waals surface area contributed by atoms with Gasteiger partial charge in [-0.1, -0.05) is 64.5 Å². The lowest BCUT2D eigenvalue weighted by Crippen LogP contribution is -2.47. The summed E-state index contributed by atoms with van der Waals surface area (Å²) in [6.45, 7) is 6.01. The van der Waals surface area contributed by atoms with Crippen LogP contribution < -0.4 is 11.1 Å². The van der Waals surface area contributed by atoms with Gasteiger partial charge in [-0.2, -0.15) is 0 Å². The van der Waals surface area contributed by atoms with E-state index in [1.54, 1.807) is 6.20 Å². The Labute approximate surface area is 271 Å². The number of fused-ring (bicyclic) bond motifs is 1. The predicted molar refractivity (Wildman–Crippen MR) is 179 cm³/mol. The zero-order valence-electron chi connectivity index (χ0n) is 27.8. The highest BCUT2D eigenvalue weighted by molar-refractivity contribution is 5.70. The summed E-state index contributed by atoms with van der Waals surface area (Å²) < 4.78 is 0. The molecule has 8 nitrogen and oxygen atoms in total. The smallest absolute Gasteiger partial charge is 0.309 e. The lowest BCUT2D eigenvalue weighted by molar-refractivity contribution is -0.151. The SMILES string of the molecule is CCCCC[C@@H]1C=C[C@@H](CCCCC[C@H](C(=O)O)[C@H](O)[C@@H]2CC[C@H]3[C@H](Cc4ccnc(N)c4)[C@@H](CNCC)C[C@@]3(O)C2)[C@H](O)C1. The number of aliphatic hydroxyl groups is 3. The van der Waals surface area contributed by atoms with Crippen molar-refractivity contribution in [1.29, 1.82) is 0 Å². The van der Waals surface area contributed by atoms with Crippen molar-refractivity contribution in [1.82, 2.24) is 10.3 Å². The van der Waals surface area contributed by atoms with Crippen LogP contribution in [0, 0.1) is 41.4 Å². The number of carboxylic acid groups (broad SMARTS) is 1. The van der Waals surface area contributed by atoms with Gasteiger partial charge in [-0.15, -0.1) is 0 Å². The van der Waals surface area contributed by atoms with Crippen LogP contribution in [0.3, 0.4) is 0 Å². The molecule has 8 heteroatoms. The molecule has 0 aromatic carbocycles. The number of unbranched alkanes of at least 4 members (excludes halogenated alkanes) is 4. The van der Waals surface area contributed by atoms with Gasteiger partial charge in [0.1, 0.15) is 5.82 Å². The number of pyridine rings is 1. The van der Waals surface area contributed by atoms with Crippen LogP contribution >= 0.6 is 0 Å². The topological polar surface area (TPSA) is 149 Å². The fourth-order valence-electron chi connectivity index (χ4n) is 9.04. The number of nitrogen functional groups attached to an aromatic ring is 1. The Kier molecular flexibility index (Phi) is 13.7. The van der Waals surface area contributed by atoms with Crippen molar-refractivity contribution >= 4 is 11.8 Å². The zero-order valence-corrected chi connectivity index (χ0v) is 27.8. The molecule has 2 saturated carbocycles. The number of aliphatic carboxylic acids is 1. The summed E-state index contributed by atoms with van der Waals surface area (Å²) in [4.78, 5) is 16.5. The third-order valence-electron chi connectivity index (χ3n) is 11.5. The van der Waals surface area contributed by atoms with E-state index in [1.807, 2.05) is 12.1 Å². The average Bonchev–Trinajstić information content (AvgIpc) is 3.28. The molecule has 1 aromatic rings. The van der Waals surface area contributed by atoms with Gasteiger partial charge in [0.15, 0.2) is 0 Å². The van der Waals surface area contributed by atoms with E-state index < -0.39 is 23.6 Å². The second kappa shape index (κ2) is 17.2. The molecule has 3 aliphatic rings. The molecular formula is C37H61N3O5. The van der Waals surface area contributed by atoms with Crippen LogP contribution in [-0.2, 0) is 11.2 Å². The van der Waals surface area contributed by atoms with Crippen molar-refractivity contribution < 1.29 is 25.2 Å². The number of aliphatic hydroxyl groups excluding tert-OH is 2. The molecule has 45 heavy (non-hydrogen) atoms. The van der Waals surface area contributed by atoms with Crippen LogP contribution in [0.5, 0.6) is 0 Å². The summed E-state index contributed by atoms with van der Waals surface area (Å²) in [5.74, 6) is -0.123. The highest BCUT2D eigenvalue weighted by atomic mass is 16.4. The maximum Gasteiger partial charge on any atom is 0.309 e. The molecule has 1 aromatic heterocycles. The van der Waals surface area contributed by atoms with Crippen molar-refractivity contribution in [3.8, 4) is 0 Å². The first-order valence-electron chi connectivity index (χ1n) is 18.1. The Bertz CT molecular complexity index is 1080. The molecule has 0 radical (unpaired) electrons. The van der Waals surface area contributed by atoms with Gasteiger partial charge in [0.05, 0.1) is 23.7 Å². The van der Waals surface area contributed by atoms with Crippen molar-refractivity contribution in [3.63, 3.8) is 0 Å². The summed E-state index contributed by atoms with van der Waals surface area (Å²) in [7, 11) is 0. The molecule has 0 amide bonds. The number of carbonyl (C=O) groups is 1. The van der Waals surface area contributed by atoms with Gasteiger partial charge in [0.25, 0.3) is 0 Å². The van der Waals surface area contributed by atoms with Crippen molar-refractivity contribution in [2.45, 2.75) is 128 Å². The van der Waals surface area contributed by atoms with E-state index in [0.29, 0.717) is 36.9 Å².